The van der Waals surface area contributed by atoms with Crippen molar-refractivity contribution in [3.8, 4) is 0 Å². The maximum atomic E-state index is 13.7. The van der Waals surface area contributed by atoms with Crippen LogP contribution in [0.1, 0.15) is 19.3 Å². The number of likely N-dealkylation sites (N-methyl/N-ethyl adjacent to an activating group) is 1. The molecule has 39 heavy (non-hydrogen) atoms. The van der Waals surface area contributed by atoms with Gasteiger partial charge >= 0.3 is 5.91 Å². The van der Waals surface area contributed by atoms with Crippen LogP contribution in [0.3, 0.4) is 0 Å². The van der Waals surface area contributed by atoms with Crippen LogP contribution in [0.5, 0.6) is 0 Å². The summed E-state index contributed by atoms with van der Waals surface area (Å²) in [6, 6.07) is 1.94. The minimum atomic E-state index is -0.167. The van der Waals surface area contributed by atoms with Crippen molar-refractivity contribution in [1.29, 1.82) is 0 Å². The van der Waals surface area contributed by atoms with Gasteiger partial charge in [-0.25, -0.2) is 9.28 Å². The van der Waals surface area contributed by atoms with E-state index in [2.05, 4.69) is 32.8 Å². The van der Waals surface area contributed by atoms with Gasteiger partial charge in [0, 0.05) is 55.9 Å². The van der Waals surface area contributed by atoms with E-state index in [-0.39, 0.29) is 27.1 Å². The number of anilines is 2. The molecule has 0 bridgehead atoms. The highest BCUT2D eigenvalue weighted by Crippen LogP contribution is 2.44. The first-order chi connectivity index (χ1) is 18.9. The first kappa shape index (κ1) is 25.9. The molecule has 1 spiro atoms. The molecule has 4 aliphatic heterocycles. The fourth-order valence-corrected chi connectivity index (χ4v) is 7.21. The number of pyridine rings is 1. The lowest BCUT2D eigenvalue weighted by atomic mass is 9.77. The summed E-state index contributed by atoms with van der Waals surface area (Å²) < 4.78 is 11.2. The number of quaternary nitrogens is 1. The molecule has 5 aliphatic rings. The normalized spacial score (nSPS) is 27.4. The molecule has 5 heterocycles. The minimum absolute atomic E-state index is 0.0823. The van der Waals surface area contributed by atoms with Crippen LogP contribution in [-0.4, -0.2) is 74.1 Å². The number of nitrogens with one attached hydrogen (secondary N) is 2. The molecule has 2 unspecified atom stereocenters. The second-order valence-electron chi connectivity index (χ2n) is 10.9. The third-order valence-electron chi connectivity index (χ3n) is 8.48. The van der Waals surface area contributed by atoms with Crippen LogP contribution >= 0.6 is 11.8 Å². The van der Waals surface area contributed by atoms with Crippen molar-refractivity contribution in [1.82, 2.24) is 10.3 Å². The molecule has 1 aromatic rings. The van der Waals surface area contributed by atoms with E-state index in [9.17, 15) is 9.59 Å². The molecule has 0 aromatic carbocycles. The number of carbonyl (C=O) groups is 2. The van der Waals surface area contributed by atoms with Gasteiger partial charge in [0.25, 0.3) is 5.91 Å². The highest BCUT2D eigenvalue weighted by molar-refractivity contribution is 8.04. The van der Waals surface area contributed by atoms with E-state index >= 15 is 0 Å². The fourth-order valence-electron chi connectivity index (χ4n) is 5.97. The third kappa shape index (κ3) is 4.50. The van der Waals surface area contributed by atoms with Crippen molar-refractivity contribution in [2.24, 2.45) is 5.41 Å². The first-order valence-electron chi connectivity index (χ1n) is 13.3. The topological polar surface area (TPSA) is 92.8 Å². The Bertz CT molecular complexity index is 1380. The average Bonchev–Trinajstić information content (AvgIpc) is 3.47. The van der Waals surface area contributed by atoms with E-state index in [0.717, 1.165) is 42.9 Å². The van der Waals surface area contributed by atoms with Crippen LogP contribution in [0.25, 0.3) is 0 Å². The van der Waals surface area contributed by atoms with Crippen LogP contribution in [0, 0.1) is 5.41 Å². The zero-order valence-electron chi connectivity index (χ0n) is 22.5. The van der Waals surface area contributed by atoms with Crippen LogP contribution in [0.4, 0.5) is 11.4 Å². The average molecular weight is 549 g/mol. The van der Waals surface area contributed by atoms with Crippen molar-refractivity contribution < 1.29 is 23.5 Å². The molecule has 204 valence electrons. The van der Waals surface area contributed by atoms with Gasteiger partial charge < -0.3 is 25.0 Å². The van der Waals surface area contributed by atoms with Crippen molar-refractivity contribution in [2.75, 3.05) is 57.7 Å². The summed E-state index contributed by atoms with van der Waals surface area (Å²) in [5.41, 5.74) is 3.64. The SMILES string of the molecule is COC1=CCC2=C(C=C1OC)C[N+](C)(C1CC=C(C(=O)Nc3cnccc3N3C=CC4(CC3)CNC4)S1)C2=O. The standard InChI is InChI=1S/C29H33N5O4S/c1-34(16-19-14-24(38-3)23(37-2)5-4-20(19)28(34)36)26-7-6-25(39-26)27(35)32-21-15-30-11-8-22(21)33-12-9-29(10-13-33)17-31-18-29/h5-6,8-9,11-12,14-15,26,31H,4,7,10,13,16-18H2,1-3H3/p+1. The Morgan fingerprint density at radius 1 is 1.26 bits per heavy atom. The summed E-state index contributed by atoms with van der Waals surface area (Å²) in [6.07, 6.45) is 15.8. The quantitative estimate of drug-likeness (QED) is 0.523. The summed E-state index contributed by atoms with van der Waals surface area (Å²) in [7, 11) is 5.18. The predicted molar refractivity (Wildman–Crippen MR) is 151 cm³/mol. The minimum Gasteiger partial charge on any atom is -0.493 e. The number of nitrogens with zero attached hydrogens (tertiary/aromatic N) is 3. The van der Waals surface area contributed by atoms with Gasteiger partial charge in [-0.1, -0.05) is 23.9 Å². The number of hydrogen-bond donors (Lipinski definition) is 2. The number of methoxy groups -OCH3 is 2. The molecular weight excluding hydrogens is 514 g/mol. The zero-order chi connectivity index (χ0) is 27.2. The van der Waals surface area contributed by atoms with Gasteiger partial charge in [-0.2, -0.15) is 0 Å². The highest BCUT2D eigenvalue weighted by atomic mass is 32.2. The fraction of sp³-hybridized carbons (Fsp3) is 0.414. The Balaban J connectivity index is 1.13. The highest BCUT2D eigenvalue weighted by Gasteiger charge is 2.50. The molecule has 9 nitrogen and oxygen atoms in total. The third-order valence-corrected chi connectivity index (χ3v) is 10.0. The van der Waals surface area contributed by atoms with Crippen molar-refractivity contribution in [2.45, 2.75) is 24.6 Å². The van der Waals surface area contributed by atoms with E-state index in [0.29, 0.717) is 41.5 Å². The summed E-state index contributed by atoms with van der Waals surface area (Å²) >= 11 is 1.48. The molecule has 0 radical (unpaired) electrons. The summed E-state index contributed by atoms with van der Waals surface area (Å²) in [4.78, 5) is 34.1. The van der Waals surface area contributed by atoms with E-state index in [1.165, 1.54) is 11.8 Å². The smallest absolute Gasteiger partial charge is 0.343 e. The lowest BCUT2D eigenvalue weighted by Crippen LogP contribution is -2.54. The van der Waals surface area contributed by atoms with Gasteiger partial charge in [-0.05, 0) is 24.6 Å². The molecule has 0 saturated carbocycles. The Kier molecular flexibility index (Phi) is 6.65. The Labute approximate surface area is 232 Å². The number of allylic oxidation sites excluding steroid dienone is 1. The molecular formula is C29H34N5O4S+. The van der Waals surface area contributed by atoms with Gasteiger partial charge in [-0.15, -0.1) is 0 Å². The van der Waals surface area contributed by atoms with Crippen LogP contribution < -0.4 is 15.5 Å². The van der Waals surface area contributed by atoms with Crippen molar-refractivity contribution >= 4 is 35.0 Å². The van der Waals surface area contributed by atoms with E-state index < -0.39 is 0 Å². The van der Waals surface area contributed by atoms with E-state index in [4.69, 9.17) is 9.47 Å². The van der Waals surface area contributed by atoms with Gasteiger partial charge in [0.05, 0.1) is 49.3 Å². The molecule has 1 saturated heterocycles. The summed E-state index contributed by atoms with van der Waals surface area (Å²) in [5.74, 6) is 1.18. The predicted octanol–water partition coefficient (Wildman–Crippen LogP) is 3.43. The lowest BCUT2D eigenvalue weighted by Gasteiger charge is -2.44. The zero-order valence-corrected chi connectivity index (χ0v) is 23.3. The number of ether oxygens (including phenoxy) is 2. The second-order valence-corrected chi connectivity index (χ2v) is 12.1. The molecule has 2 atom stereocenters. The van der Waals surface area contributed by atoms with E-state index in [1.807, 2.05) is 31.3 Å². The maximum Gasteiger partial charge on any atom is 0.343 e. The summed E-state index contributed by atoms with van der Waals surface area (Å²) in [6.45, 7) is 3.49. The molecule has 2 amide bonds. The van der Waals surface area contributed by atoms with Gasteiger partial charge in [0.15, 0.2) is 16.9 Å². The Morgan fingerprint density at radius 2 is 2.08 bits per heavy atom. The molecule has 1 fully saturated rings. The number of rotatable bonds is 6. The largest absolute Gasteiger partial charge is 0.493 e. The van der Waals surface area contributed by atoms with Crippen LogP contribution in [-0.2, 0) is 19.1 Å². The van der Waals surface area contributed by atoms with Crippen molar-refractivity contribution in [3.05, 3.63) is 76.5 Å². The number of carbonyl (C=O) groups excluding carboxylic acids is 2. The van der Waals surface area contributed by atoms with Gasteiger partial charge in [-0.3, -0.25) is 9.78 Å². The Morgan fingerprint density at radius 3 is 2.77 bits per heavy atom. The second kappa shape index (κ2) is 10.0. The van der Waals surface area contributed by atoms with Gasteiger partial charge in [0.1, 0.15) is 6.54 Å². The van der Waals surface area contributed by atoms with Crippen LogP contribution in [0.15, 0.2) is 76.5 Å². The molecule has 1 aliphatic carbocycles. The molecule has 10 heteroatoms. The lowest BCUT2D eigenvalue weighted by molar-refractivity contribution is -0.833. The Hall–Kier alpha value is -3.34. The number of hydrogen-bond acceptors (Lipinski definition) is 8. The maximum absolute atomic E-state index is 13.7. The molecule has 2 N–H and O–H groups in total. The van der Waals surface area contributed by atoms with E-state index in [1.54, 1.807) is 26.6 Å². The van der Waals surface area contributed by atoms with Crippen LogP contribution in [0.2, 0.25) is 0 Å². The number of thioether (sulfide) groups is 1. The number of aromatic nitrogens is 1. The molecule has 1 aromatic heterocycles. The molecule has 6 rings (SSSR count). The summed E-state index contributed by atoms with van der Waals surface area (Å²) in [5, 5.41) is 6.37. The first-order valence-corrected chi connectivity index (χ1v) is 14.1. The van der Waals surface area contributed by atoms with Gasteiger partial charge in [0.2, 0.25) is 0 Å². The van der Waals surface area contributed by atoms with Crippen molar-refractivity contribution in [3.63, 3.8) is 0 Å². The number of amides is 2. The monoisotopic (exact) mass is 548 g/mol.